The van der Waals surface area contributed by atoms with Crippen molar-refractivity contribution in [2.45, 2.75) is 6.43 Å². The predicted octanol–water partition coefficient (Wildman–Crippen LogP) is 3.71. The first-order valence-electron chi connectivity index (χ1n) is 7.65. The van der Waals surface area contributed by atoms with Crippen molar-refractivity contribution < 1.29 is 13.6 Å². The molecule has 0 aliphatic rings. The number of nitrogens with two attached hydrogens (primary N) is 1. The van der Waals surface area contributed by atoms with E-state index in [1.165, 1.54) is 12.4 Å². The van der Waals surface area contributed by atoms with Gasteiger partial charge in [-0.1, -0.05) is 23.2 Å². The number of nitrogens with one attached hydrogen (secondary N) is 1. The number of hydrogen-bond donors (Lipinski definition) is 2. The topological polar surface area (TPSA) is 103 Å². The Morgan fingerprint density at radius 3 is 2.50 bits per heavy atom. The minimum Gasteiger partial charge on any atom is -0.383 e. The predicted molar refractivity (Wildman–Crippen MR) is 101 cm³/mol. The Bertz CT molecular complexity index is 1080. The van der Waals surface area contributed by atoms with Crippen LogP contribution in [0.2, 0.25) is 10.0 Å². The molecule has 0 saturated heterocycles. The van der Waals surface area contributed by atoms with Gasteiger partial charge >= 0.3 is 0 Å². The van der Waals surface area contributed by atoms with Crippen LogP contribution in [0.4, 0.5) is 20.3 Å². The maximum absolute atomic E-state index is 12.9. The molecular weight excluding hydrogens is 415 g/mol. The fourth-order valence-electron chi connectivity index (χ4n) is 2.41. The molecule has 0 radical (unpaired) electrons. The first-order chi connectivity index (χ1) is 13.3. The van der Waals surface area contributed by atoms with Gasteiger partial charge in [0.2, 0.25) is 0 Å². The highest BCUT2D eigenvalue weighted by Crippen LogP contribution is 2.33. The van der Waals surface area contributed by atoms with Crippen LogP contribution >= 0.6 is 23.2 Å². The summed E-state index contributed by atoms with van der Waals surface area (Å²) in [5, 5.41) is 2.05. The largest absolute Gasteiger partial charge is 0.383 e. The molecular formula is C17H11Cl2F2N5O2. The van der Waals surface area contributed by atoms with Crippen molar-refractivity contribution >= 4 is 40.6 Å². The number of carbonyl (C=O) groups is 1. The van der Waals surface area contributed by atoms with Crippen molar-refractivity contribution in [3.63, 3.8) is 0 Å². The first kappa shape index (κ1) is 19.7. The van der Waals surface area contributed by atoms with Crippen molar-refractivity contribution in [2.75, 3.05) is 11.1 Å². The highest BCUT2D eigenvalue weighted by Gasteiger charge is 2.22. The zero-order valence-electron chi connectivity index (χ0n) is 13.9. The number of halogens is 4. The fourth-order valence-corrected chi connectivity index (χ4v) is 3.10. The van der Waals surface area contributed by atoms with Crippen LogP contribution in [0.15, 0.2) is 47.8 Å². The van der Waals surface area contributed by atoms with E-state index < -0.39 is 29.0 Å². The molecule has 2 heterocycles. The van der Waals surface area contributed by atoms with E-state index in [2.05, 4.69) is 15.3 Å². The number of carbonyl (C=O) groups excluding carboxylic acids is 1. The quantitative estimate of drug-likeness (QED) is 0.662. The fraction of sp³-hybridized carbons (Fsp3) is 0.0588. The van der Waals surface area contributed by atoms with Gasteiger partial charge in [-0.2, -0.15) is 0 Å². The minimum atomic E-state index is -2.80. The van der Waals surface area contributed by atoms with E-state index in [1.807, 2.05) is 0 Å². The SMILES string of the molecule is Nc1ncn(-c2c(Cl)cc(C(F)F)cc2Cl)c(=O)c1C(=O)Nc1cccnc1. The molecule has 0 unspecified atom stereocenters. The highest BCUT2D eigenvalue weighted by molar-refractivity contribution is 6.37. The van der Waals surface area contributed by atoms with Crippen molar-refractivity contribution in [3.05, 3.63) is 74.5 Å². The molecule has 3 aromatic rings. The van der Waals surface area contributed by atoms with Crippen molar-refractivity contribution in [2.24, 2.45) is 0 Å². The zero-order chi connectivity index (χ0) is 20.4. The minimum absolute atomic E-state index is 0.0966. The zero-order valence-corrected chi connectivity index (χ0v) is 15.4. The van der Waals surface area contributed by atoms with Crippen LogP contribution in [0.1, 0.15) is 22.3 Å². The van der Waals surface area contributed by atoms with Gasteiger partial charge in [0.1, 0.15) is 17.7 Å². The average molecular weight is 426 g/mol. The molecule has 7 nitrogen and oxygen atoms in total. The maximum Gasteiger partial charge on any atom is 0.273 e. The van der Waals surface area contributed by atoms with Gasteiger partial charge in [0.15, 0.2) is 0 Å². The number of amides is 1. The van der Waals surface area contributed by atoms with Crippen molar-refractivity contribution in [1.29, 1.82) is 0 Å². The van der Waals surface area contributed by atoms with Gasteiger partial charge in [0.25, 0.3) is 17.9 Å². The molecule has 0 aliphatic carbocycles. The molecule has 3 rings (SSSR count). The van der Waals surface area contributed by atoms with Crippen LogP contribution in [0.3, 0.4) is 0 Å². The normalized spacial score (nSPS) is 10.9. The summed E-state index contributed by atoms with van der Waals surface area (Å²) in [7, 11) is 0. The second-order valence-corrected chi connectivity index (χ2v) is 6.32. The molecule has 11 heteroatoms. The van der Waals surface area contributed by atoms with E-state index in [1.54, 1.807) is 12.1 Å². The maximum atomic E-state index is 12.9. The molecule has 1 aromatic carbocycles. The van der Waals surface area contributed by atoms with Gasteiger partial charge in [-0.05, 0) is 24.3 Å². The van der Waals surface area contributed by atoms with Gasteiger partial charge < -0.3 is 11.1 Å². The lowest BCUT2D eigenvalue weighted by Crippen LogP contribution is -2.31. The lowest BCUT2D eigenvalue weighted by atomic mass is 10.2. The Kier molecular flexibility index (Phi) is 5.57. The molecule has 0 bridgehead atoms. The summed E-state index contributed by atoms with van der Waals surface area (Å²) in [5.41, 5.74) is 4.19. The van der Waals surface area contributed by atoms with Gasteiger partial charge in [-0.3, -0.25) is 19.1 Å². The van der Waals surface area contributed by atoms with E-state index in [9.17, 15) is 18.4 Å². The van der Waals surface area contributed by atoms with Crippen LogP contribution in [0, 0.1) is 0 Å². The molecule has 1 amide bonds. The van der Waals surface area contributed by atoms with Gasteiger partial charge in [-0.25, -0.2) is 13.8 Å². The lowest BCUT2D eigenvalue weighted by molar-refractivity contribution is 0.102. The number of nitrogen functional groups attached to an aromatic ring is 1. The van der Waals surface area contributed by atoms with Crippen molar-refractivity contribution in [1.82, 2.24) is 14.5 Å². The van der Waals surface area contributed by atoms with Gasteiger partial charge in [-0.15, -0.1) is 0 Å². The Labute approximate surface area is 166 Å². The van der Waals surface area contributed by atoms with E-state index >= 15 is 0 Å². The molecule has 144 valence electrons. The third-order valence-corrected chi connectivity index (χ3v) is 4.26. The van der Waals surface area contributed by atoms with Crippen molar-refractivity contribution in [3.8, 4) is 5.69 Å². The Hall–Kier alpha value is -3.04. The summed E-state index contributed by atoms with van der Waals surface area (Å²) in [4.78, 5) is 33.0. The number of nitrogens with zero attached hydrogens (tertiary/aromatic N) is 3. The third kappa shape index (κ3) is 3.80. The van der Waals surface area contributed by atoms with E-state index in [0.717, 1.165) is 23.0 Å². The molecule has 28 heavy (non-hydrogen) atoms. The van der Waals surface area contributed by atoms with Crippen LogP contribution < -0.4 is 16.6 Å². The monoisotopic (exact) mass is 425 g/mol. The molecule has 0 spiro atoms. The third-order valence-electron chi connectivity index (χ3n) is 3.68. The summed E-state index contributed by atoms with van der Waals surface area (Å²) in [5.74, 6) is -1.15. The average Bonchev–Trinajstić information content (AvgIpc) is 2.63. The van der Waals surface area contributed by atoms with Crippen LogP contribution in [0.5, 0.6) is 0 Å². The van der Waals surface area contributed by atoms with Crippen LogP contribution in [0.25, 0.3) is 5.69 Å². The Balaban J connectivity index is 2.10. The number of pyridine rings is 1. The molecule has 0 saturated carbocycles. The molecule has 3 N–H and O–H groups in total. The summed E-state index contributed by atoms with van der Waals surface area (Å²) in [6.45, 7) is 0. The second-order valence-electron chi connectivity index (χ2n) is 5.51. The number of rotatable bonds is 4. The second kappa shape index (κ2) is 7.91. The molecule has 0 fully saturated rings. The summed E-state index contributed by atoms with van der Waals surface area (Å²) in [6.07, 6.45) is 1.09. The Morgan fingerprint density at radius 2 is 1.93 bits per heavy atom. The van der Waals surface area contributed by atoms with E-state index in [4.69, 9.17) is 28.9 Å². The number of anilines is 2. The van der Waals surface area contributed by atoms with Gasteiger partial charge in [0, 0.05) is 11.8 Å². The number of aromatic nitrogens is 3. The molecule has 2 aromatic heterocycles. The number of benzene rings is 1. The standard InChI is InChI=1S/C17H11Cl2F2N5O2/c18-10-4-8(14(20)21)5-11(19)13(10)26-7-24-15(22)12(17(26)28)16(27)25-9-2-1-3-23-6-9/h1-7,14H,22H2,(H,25,27). The van der Waals surface area contributed by atoms with Crippen LogP contribution in [-0.4, -0.2) is 20.4 Å². The van der Waals surface area contributed by atoms with E-state index in [0.29, 0.717) is 5.69 Å². The lowest BCUT2D eigenvalue weighted by Gasteiger charge is -2.14. The summed E-state index contributed by atoms with van der Waals surface area (Å²) >= 11 is 12.1. The first-order valence-corrected chi connectivity index (χ1v) is 8.41. The number of hydrogen-bond acceptors (Lipinski definition) is 5. The highest BCUT2D eigenvalue weighted by atomic mass is 35.5. The molecule has 0 atom stereocenters. The number of alkyl halides is 2. The van der Waals surface area contributed by atoms with E-state index in [-0.39, 0.29) is 21.6 Å². The molecule has 0 aliphatic heterocycles. The summed E-state index contributed by atoms with van der Waals surface area (Å²) in [6, 6.07) is 5.11. The van der Waals surface area contributed by atoms with Crippen LogP contribution in [-0.2, 0) is 0 Å². The smallest absolute Gasteiger partial charge is 0.273 e. The summed E-state index contributed by atoms with van der Waals surface area (Å²) < 4.78 is 26.7. The van der Waals surface area contributed by atoms with Gasteiger partial charge in [0.05, 0.1) is 27.6 Å². The Morgan fingerprint density at radius 1 is 1.25 bits per heavy atom.